The number of hydrogen-bond acceptors (Lipinski definition) is 4. The van der Waals surface area contributed by atoms with E-state index in [1.54, 1.807) is 0 Å². The second-order valence-electron chi connectivity index (χ2n) is 8.62. The van der Waals surface area contributed by atoms with Gasteiger partial charge in [-0.1, -0.05) is 0 Å². The van der Waals surface area contributed by atoms with E-state index in [0.717, 1.165) is 0 Å². The summed E-state index contributed by atoms with van der Waals surface area (Å²) >= 11 is 0. The molecule has 0 aromatic carbocycles. The molecule has 0 unspecified atom stereocenters. The Hall–Kier alpha value is 0.884. The van der Waals surface area contributed by atoms with Gasteiger partial charge in [-0.2, -0.15) is 0 Å². The quantitative estimate of drug-likeness (QED) is 0.546. The van der Waals surface area contributed by atoms with E-state index in [1.165, 1.54) is 0 Å². The number of rotatable bonds is 9. The van der Waals surface area contributed by atoms with Gasteiger partial charge in [-0.15, -0.1) is 0 Å². The van der Waals surface area contributed by atoms with Gasteiger partial charge in [0.05, 0.1) is 6.23 Å². The number of hydrogen-bond donors (Lipinski definition) is 0. The average molecular weight is 400 g/mol. The SMILES string of the molecule is C[Si](C)(C)O[Si](C)(C)O[Si](C)(C)O[Si](C)(C)O[Si](C)(C)C[O]. The molecule has 0 aliphatic rings. The maximum atomic E-state index is 11.3. The summed E-state index contributed by atoms with van der Waals surface area (Å²) in [7, 11) is -10.8. The lowest BCUT2D eigenvalue weighted by atomic mass is 11.7. The van der Waals surface area contributed by atoms with E-state index in [1.807, 2.05) is 39.3 Å². The van der Waals surface area contributed by atoms with Crippen molar-refractivity contribution in [1.29, 1.82) is 0 Å². The molecule has 5 nitrogen and oxygen atoms in total. The molecule has 0 aliphatic carbocycles. The standard InChI is InChI=1S/C12H35O5Si5/c1-18(2,3)14-20(6,7)16-22(10,11)17-21(8,9)15-19(4,5)12-13/h12H2,1-11H3. The van der Waals surface area contributed by atoms with Gasteiger partial charge >= 0.3 is 25.7 Å². The molecule has 22 heavy (non-hydrogen) atoms. The van der Waals surface area contributed by atoms with Gasteiger partial charge in [0, 0.05) is 0 Å². The molecule has 0 saturated carbocycles. The van der Waals surface area contributed by atoms with Crippen LogP contribution in [-0.2, 0) is 21.6 Å². The fourth-order valence-electron chi connectivity index (χ4n) is 2.68. The largest absolute Gasteiger partial charge is 0.437 e. The van der Waals surface area contributed by atoms with Crippen molar-refractivity contribution >= 4 is 42.3 Å². The van der Waals surface area contributed by atoms with Gasteiger partial charge in [0.2, 0.25) is 8.32 Å². The molecule has 0 saturated heterocycles. The third-order valence-corrected chi connectivity index (χ3v) is 19.6. The molecule has 0 bridgehead atoms. The van der Waals surface area contributed by atoms with Crippen LogP contribution in [0.15, 0.2) is 0 Å². The summed E-state index contributed by atoms with van der Waals surface area (Å²) in [6, 6.07) is 0. The maximum absolute atomic E-state index is 11.3. The summed E-state index contributed by atoms with van der Waals surface area (Å²) in [6.07, 6.45) is -0.144. The fourth-order valence-corrected chi connectivity index (χ4v) is 25.2. The van der Waals surface area contributed by atoms with Gasteiger partial charge in [0.15, 0.2) is 8.32 Å². The predicted molar refractivity (Wildman–Crippen MR) is 103 cm³/mol. The Labute approximate surface area is 142 Å². The molecule has 0 rings (SSSR count). The summed E-state index contributed by atoms with van der Waals surface area (Å²) in [4.78, 5) is 0. The van der Waals surface area contributed by atoms with Gasteiger partial charge < -0.3 is 16.5 Å². The summed E-state index contributed by atoms with van der Waals surface area (Å²) < 4.78 is 25.0. The first-order valence-corrected chi connectivity index (χ1v) is 22.7. The van der Waals surface area contributed by atoms with Crippen LogP contribution in [0.25, 0.3) is 0 Å². The van der Waals surface area contributed by atoms with Crippen molar-refractivity contribution in [3.63, 3.8) is 0 Å². The van der Waals surface area contributed by atoms with Crippen LogP contribution in [-0.4, -0.2) is 48.5 Å². The Balaban J connectivity index is 4.88. The molecule has 0 spiro atoms. The van der Waals surface area contributed by atoms with E-state index < -0.39 is 42.3 Å². The minimum atomic E-state index is -2.38. The normalized spacial score (nSPS) is 15.3. The van der Waals surface area contributed by atoms with Crippen molar-refractivity contribution < 1.29 is 21.6 Å². The highest BCUT2D eigenvalue weighted by molar-refractivity contribution is 6.90. The third kappa shape index (κ3) is 10.6. The van der Waals surface area contributed by atoms with Crippen LogP contribution in [0.4, 0.5) is 0 Å². The molecule has 0 heterocycles. The van der Waals surface area contributed by atoms with Crippen molar-refractivity contribution in [2.24, 2.45) is 0 Å². The highest BCUT2D eigenvalue weighted by Gasteiger charge is 2.45. The molecule has 0 atom stereocenters. The summed E-state index contributed by atoms with van der Waals surface area (Å²) in [5.41, 5.74) is 0. The Kier molecular flexibility index (Phi) is 7.71. The van der Waals surface area contributed by atoms with Crippen LogP contribution in [0.5, 0.6) is 0 Å². The molecular weight excluding hydrogens is 365 g/mol. The molecule has 1 radical (unpaired) electrons. The minimum absolute atomic E-state index is 0.144. The van der Waals surface area contributed by atoms with Crippen molar-refractivity contribution in [3.05, 3.63) is 0 Å². The van der Waals surface area contributed by atoms with E-state index in [-0.39, 0.29) is 6.23 Å². The Morgan fingerprint density at radius 3 is 1.18 bits per heavy atom. The molecule has 0 aliphatic heterocycles. The molecule has 0 fully saturated rings. The van der Waals surface area contributed by atoms with Crippen molar-refractivity contribution in [3.8, 4) is 0 Å². The van der Waals surface area contributed by atoms with E-state index in [9.17, 15) is 5.11 Å². The molecule has 0 aromatic rings. The Morgan fingerprint density at radius 2 is 0.864 bits per heavy atom. The van der Waals surface area contributed by atoms with Gasteiger partial charge in [0.25, 0.3) is 0 Å². The minimum Gasteiger partial charge on any atom is -0.437 e. The van der Waals surface area contributed by atoms with Crippen LogP contribution in [0.2, 0.25) is 72.0 Å². The van der Waals surface area contributed by atoms with Crippen molar-refractivity contribution in [2.45, 2.75) is 72.0 Å². The molecular formula is C12H35O5Si5. The van der Waals surface area contributed by atoms with Gasteiger partial charge in [-0.25, -0.2) is 5.11 Å². The molecule has 10 heteroatoms. The Bertz CT molecular complexity index is 365. The monoisotopic (exact) mass is 399 g/mol. The zero-order valence-electron chi connectivity index (χ0n) is 16.2. The average Bonchev–Trinajstić information content (AvgIpc) is 2.06. The zero-order chi connectivity index (χ0) is 18.0. The van der Waals surface area contributed by atoms with E-state index in [2.05, 4.69) is 32.7 Å². The topological polar surface area (TPSA) is 56.8 Å². The van der Waals surface area contributed by atoms with E-state index in [4.69, 9.17) is 16.5 Å². The second-order valence-corrected chi connectivity index (χ2v) is 28.3. The van der Waals surface area contributed by atoms with Gasteiger partial charge in [-0.3, -0.25) is 0 Å². The first kappa shape index (κ1) is 22.9. The third-order valence-electron chi connectivity index (χ3n) is 2.40. The Morgan fingerprint density at radius 1 is 0.545 bits per heavy atom. The molecule has 0 amide bonds. The summed E-state index contributed by atoms with van der Waals surface area (Å²) in [5.74, 6) is 0. The van der Waals surface area contributed by atoms with Crippen LogP contribution >= 0.6 is 0 Å². The van der Waals surface area contributed by atoms with Crippen LogP contribution in [0.3, 0.4) is 0 Å². The lowest BCUT2D eigenvalue weighted by Crippen LogP contribution is -2.58. The van der Waals surface area contributed by atoms with Gasteiger partial charge in [0.1, 0.15) is 0 Å². The zero-order valence-corrected chi connectivity index (χ0v) is 21.2. The highest BCUT2D eigenvalue weighted by Crippen LogP contribution is 2.25. The van der Waals surface area contributed by atoms with Crippen LogP contribution < -0.4 is 0 Å². The lowest BCUT2D eigenvalue weighted by molar-refractivity contribution is 0.224. The lowest BCUT2D eigenvalue weighted by Gasteiger charge is -2.41. The first-order valence-electron chi connectivity index (χ1n) is 7.78. The smallest absolute Gasteiger partial charge is 0.314 e. The van der Waals surface area contributed by atoms with Gasteiger partial charge in [-0.05, 0) is 72.0 Å². The predicted octanol–water partition coefficient (Wildman–Crippen LogP) is 4.17. The molecule has 0 aromatic heterocycles. The van der Waals surface area contributed by atoms with E-state index in [0.29, 0.717) is 0 Å². The summed E-state index contributed by atoms with van der Waals surface area (Å²) in [6.45, 7) is 22.6. The van der Waals surface area contributed by atoms with Crippen LogP contribution in [0, 0.1) is 0 Å². The van der Waals surface area contributed by atoms with E-state index >= 15 is 0 Å². The summed E-state index contributed by atoms with van der Waals surface area (Å²) in [5, 5.41) is 11.3. The van der Waals surface area contributed by atoms with Crippen molar-refractivity contribution in [2.75, 3.05) is 6.23 Å². The fraction of sp³-hybridized carbons (Fsp3) is 1.00. The second kappa shape index (κ2) is 7.41. The highest BCUT2D eigenvalue weighted by atomic mass is 28.5. The first-order chi connectivity index (χ1) is 9.39. The maximum Gasteiger partial charge on any atom is 0.314 e. The molecule has 133 valence electrons. The van der Waals surface area contributed by atoms with Crippen LogP contribution in [0.1, 0.15) is 0 Å². The van der Waals surface area contributed by atoms with Crippen molar-refractivity contribution in [1.82, 2.24) is 0 Å². The molecule has 0 N–H and O–H groups in total.